The van der Waals surface area contributed by atoms with Crippen LogP contribution in [0.15, 0.2) is 33.3 Å². The number of nitrogens with zero attached hydrogens (tertiary/aromatic N) is 2. The Morgan fingerprint density at radius 2 is 1.97 bits per heavy atom. The van der Waals surface area contributed by atoms with Crippen LogP contribution in [-0.2, 0) is 15.0 Å². The summed E-state index contributed by atoms with van der Waals surface area (Å²) in [7, 11) is 0. The Balaban J connectivity index is 1.42. The number of hydrogen-bond donors (Lipinski definition) is 2. The number of benzene rings is 1. The van der Waals surface area contributed by atoms with Crippen molar-refractivity contribution in [3.8, 4) is 11.5 Å². The van der Waals surface area contributed by atoms with E-state index in [9.17, 15) is 19.1 Å². The molecule has 2 aliphatic rings. The molecule has 1 atom stereocenters. The van der Waals surface area contributed by atoms with Gasteiger partial charge in [0.05, 0.1) is 16.4 Å². The average molecular weight is 530 g/mol. The van der Waals surface area contributed by atoms with Gasteiger partial charge in [-0.1, -0.05) is 41.7 Å². The number of carboxylic acids is 1. The number of anilines is 1. The second-order valence-corrected chi connectivity index (χ2v) is 10.8. The molecule has 2 N–H and O–H groups in total. The number of amides is 1. The maximum absolute atomic E-state index is 13.4. The molecule has 0 radical (unpaired) electrons. The molecule has 2 aromatic heterocycles. The van der Waals surface area contributed by atoms with Crippen LogP contribution in [0, 0.1) is 5.82 Å². The molecule has 0 saturated heterocycles. The molecule has 2 saturated carbocycles. The number of aromatic nitrogens is 2. The SMILES string of the molecule is CC1(c2cc(-c3onc([C@@H](CCC(=O)O)CC(=O)Nc4ccc(F)cc4Cl)c3C3CC3)no2)CCCC1. The minimum absolute atomic E-state index is 0.0329. The van der Waals surface area contributed by atoms with Crippen LogP contribution < -0.4 is 5.32 Å². The van der Waals surface area contributed by atoms with Gasteiger partial charge in [0.15, 0.2) is 11.5 Å². The van der Waals surface area contributed by atoms with Crippen molar-refractivity contribution < 1.29 is 28.1 Å². The van der Waals surface area contributed by atoms with Gasteiger partial charge in [0.1, 0.15) is 11.6 Å². The largest absolute Gasteiger partial charge is 0.481 e. The number of rotatable bonds is 10. The van der Waals surface area contributed by atoms with Gasteiger partial charge < -0.3 is 19.5 Å². The average Bonchev–Trinajstić information content (AvgIpc) is 3.22. The van der Waals surface area contributed by atoms with E-state index < -0.39 is 17.7 Å². The van der Waals surface area contributed by atoms with Crippen LogP contribution in [0.4, 0.5) is 10.1 Å². The fourth-order valence-corrected chi connectivity index (χ4v) is 5.49. The van der Waals surface area contributed by atoms with E-state index in [-0.39, 0.29) is 47.2 Å². The third kappa shape index (κ3) is 5.56. The Morgan fingerprint density at radius 1 is 1.22 bits per heavy atom. The molecular formula is C27H29ClFN3O5. The Hall–Kier alpha value is -3.20. The zero-order valence-corrected chi connectivity index (χ0v) is 21.3. The predicted octanol–water partition coefficient (Wildman–Crippen LogP) is 6.81. The van der Waals surface area contributed by atoms with E-state index in [0.717, 1.165) is 55.9 Å². The van der Waals surface area contributed by atoms with Crippen LogP contribution in [0.3, 0.4) is 0 Å². The molecule has 10 heteroatoms. The number of hydrogen-bond acceptors (Lipinski definition) is 6. The van der Waals surface area contributed by atoms with Crippen molar-refractivity contribution in [2.45, 2.75) is 82.0 Å². The highest BCUT2D eigenvalue weighted by Gasteiger charge is 2.39. The minimum Gasteiger partial charge on any atom is -0.481 e. The van der Waals surface area contributed by atoms with Crippen LogP contribution in [0.1, 0.15) is 93.6 Å². The van der Waals surface area contributed by atoms with Gasteiger partial charge in [0, 0.05) is 35.8 Å². The highest BCUT2D eigenvalue weighted by Crippen LogP contribution is 2.49. The number of halogens is 2. The lowest BCUT2D eigenvalue weighted by Crippen LogP contribution is -2.18. The standard InChI is InChI=1S/C27H29ClFN3O5/c1-27(10-2-3-11-27)21-14-20(31-36-21)26-24(15-4-5-15)25(32-37-26)16(6-9-23(34)35)12-22(33)30-19-8-7-17(29)13-18(19)28/h7-8,13-16H,2-6,9-12H2,1H3,(H,30,33)(H,34,35)/t16-/m0/s1. The maximum Gasteiger partial charge on any atom is 0.303 e. The van der Waals surface area contributed by atoms with Crippen LogP contribution in [0.5, 0.6) is 0 Å². The summed E-state index contributed by atoms with van der Waals surface area (Å²) in [6.45, 7) is 2.19. The molecule has 2 fully saturated rings. The summed E-state index contributed by atoms with van der Waals surface area (Å²) in [5.41, 5.74) is 2.26. The number of carbonyl (C=O) groups excluding carboxylic acids is 1. The summed E-state index contributed by atoms with van der Waals surface area (Å²) in [5.74, 6) is -0.788. The molecule has 0 aliphatic heterocycles. The van der Waals surface area contributed by atoms with Crippen molar-refractivity contribution in [3.63, 3.8) is 0 Å². The molecule has 0 spiro atoms. The molecule has 0 unspecified atom stereocenters. The van der Waals surface area contributed by atoms with Gasteiger partial charge in [-0.05, 0) is 56.2 Å². The fourth-order valence-electron chi connectivity index (χ4n) is 5.27. The third-order valence-electron chi connectivity index (χ3n) is 7.52. The molecule has 3 aromatic rings. The van der Waals surface area contributed by atoms with E-state index in [4.69, 9.17) is 20.6 Å². The number of carboxylic acid groups (broad SMARTS) is 1. The molecule has 5 rings (SSSR count). The van der Waals surface area contributed by atoms with E-state index in [1.54, 1.807) is 0 Å². The van der Waals surface area contributed by atoms with Crippen LogP contribution in [0.2, 0.25) is 5.02 Å². The molecule has 37 heavy (non-hydrogen) atoms. The number of carbonyl (C=O) groups is 2. The molecular weight excluding hydrogens is 501 g/mol. The molecule has 0 bridgehead atoms. The third-order valence-corrected chi connectivity index (χ3v) is 7.83. The minimum atomic E-state index is -0.963. The van der Waals surface area contributed by atoms with Crippen LogP contribution in [0.25, 0.3) is 11.5 Å². The van der Waals surface area contributed by atoms with Gasteiger partial charge >= 0.3 is 5.97 Å². The Labute approximate surface area is 218 Å². The Bertz CT molecular complexity index is 1310. The molecule has 8 nitrogen and oxygen atoms in total. The fraction of sp³-hybridized carbons (Fsp3) is 0.481. The zero-order valence-electron chi connectivity index (χ0n) is 20.6. The van der Waals surface area contributed by atoms with Crippen molar-refractivity contribution in [1.29, 1.82) is 0 Å². The first kappa shape index (κ1) is 25.4. The Morgan fingerprint density at radius 3 is 2.65 bits per heavy atom. The van der Waals surface area contributed by atoms with E-state index >= 15 is 0 Å². The monoisotopic (exact) mass is 529 g/mol. The first-order valence-corrected chi connectivity index (χ1v) is 13.0. The Kier molecular flexibility index (Phi) is 7.07. The first-order chi connectivity index (χ1) is 17.7. The summed E-state index contributed by atoms with van der Waals surface area (Å²) >= 11 is 6.06. The van der Waals surface area contributed by atoms with E-state index in [1.165, 1.54) is 12.1 Å². The topological polar surface area (TPSA) is 118 Å². The van der Waals surface area contributed by atoms with Gasteiger partial charge in [-0.3, -0.25) is 9.59 Å². The molecule has 196 valence electrons. The van der Waals surface area contributed by atoms with Gasteiger partial charge in [-0.25, -0.2) is 4.39 Å². The zero-order chi connectivity index (χ0) is 26.2. The van der Waals surface area contributed by atoms with Gasteiger partial charge in [-0.15, -0.1) is 0 Å². The first-order valence-electron chi connectivity index (χ1n) is 12.7. The summed E-state index contributed by atoms with van der Waals surface area (Å²) in [6.07, 6.45) is 6.34. The van der Waals surface area contributed by atoms with E-state index in [0.29, 0.717) is 17.1 Å². The summed E-state index contributed by atoms with van der Waals surface area (Å²) < 4.78 is 24.9. The normalized spacial score (nSPS) is 17.6. The molecule has 2 heterocycles. The van der Waals surface area contributed by atoms with Crippen molar-refractivity contribution in [3.05, 3.63) is 52.1 Å². The summed E-state index contributed by atoms with van der Waals surface area (Å²) in [4.78, 5) is 24.3. The lowest BCUT2D eigenvalue weighted by Gasteiger charge is -2.18. The van der Waals surface area contributed by atoms with E-state index in [1.807, 2.05) is 6.07 Å². The second kappa shape index (κ2) is 10.3. The highest BCUT2D eigenvalue weighted by atomic mass is 35.5. The summed E-state index contributed by atoms with van der Waals surface area (Å²) in [6, 6.07) is 5.64. The lowest BCUT2D eigenvalue weighted by molar-refractivity contribution is -0.137. The lowest BCUT2D eigenvalue weighted by atomic mass is 9.85. The number of nitrogens with one attached hydrogen (secondary N) is 1. The van der Waals surface area contributed by atoms with Crippen LogP contribution in [-0.4, -0.2) is 27.3 Å². The maximum atomic E-state index is 13.4. The smallest absolute Gasteiger partial charge is 0.303 e. The predicted molar refractivity (Wildman–Crippen MR) is 134 cm³/mol. The highest BCUT2D eigenvalue weighted by molar-refractivity contribution is 6.33. The molecule has 1 aromatic carbocycles. The van der Waals surface area contributed by atoms with Gasteiger partial charge in [0.25, 0.3) is 0 Å². The second-order valence-electron chi connectivity index (χ2n) is 10.4. The molecule has 2 aliphatic carbocycles. The van der Waals surface area contributed by atoms with Crippen molar-refractivity contribution >= 4 is 29.2 Å². The summed E-state index contributed by atoms with van der Waals surface area (Å²) in [5, 5.41) is 20.7. The number of aliphatic carboxylic acids is 1. The van der Waals surface area contributed by atoms with Crippen molar-refractivity contribution in [2.24, 2.45) is 0 Å². The van der Waals surface area contributed by atoms with E-state index in [2.05, 4.69) is 22.6 Å². The molecule has 1 amide bonds. The van der Waals surface area contributed by atoms with Gasteiger partial charge in [0.2, 0.25) is 5.91 Å². The van der Waals surface area contributed by atoms with Gasteiger partial charge in [-0.2, -0.15) is 0 Å². The van der Waals surface area contributed by atoms with Crippen molar-refractivity contribution in [1.82, 2.24) is 10.3 Å². The van der Waals surface area contributed by atoms with Crippen LogP contribution >= 0.6 is 11.6 Å². The van der Waals surface area contributed by atoms with Crippen molar-refractivity contribution in [2.75, 3.05) is 5.32 Å². The quantitative estimate of drug-likeness (QED) is 0.296.